The van der Waals surface area contributed by atoms with Gasteiger partial charge in [-0.25, -0.2) is 4.79 Å². The number of anilines is 2. The fraction of sp³-hybridized carbons (Fsp3) is 0.261. The van der Waals surface area contributed by atoms with Crippen LogP contribution in [0.1, 0.15) is 41.5 Å². The molecule has 32 heavy (non-hydrogen) atoms. The van der Waals surface area contributed by atoms with Crippen molar-refractivity contribution < 1.29 is 18.5 Å². The highest BCUT2D eigenvalue weighted by Gasteiger charge is 2.23. The van der Waals surface area contributed by atoms with Crippen molar-refractivity contribution in [2.75, 3.05) is 10.6 Å². The van der Waals surface area contributed by atoms with Crippen LogP contribution in [0.4, 0.5) is 16.4 Å². The zero-order valence-electron chi connectivity index (χ0n) is 17.8. The van der Waals surface area contributed by atoms with Gasteiger partial charge in [0, 0.05) is 23.0 Å². The van der Waals surface area contributed by atoms with Gasteiger partial charge in [0.25, 0.3) is 6.20 Å². The minimum Gasteiger partial charge on any atom is -0.361 e. The SMILES string of the molecule is Cc1noc(C)c1-c1ccc(C[n+]2cc(NC(=O)Nc3cccc(C4CC4)c3)on2)nc1. The van der Waals surface area contributed by atoms with Crippen LogP contribution in [0.2, 0.25) is 0 Å². The van der Waals surface area contributed by atoms with E-state index < -0.39 is 0 Å². The molecule has 1 aliphatic rings. The van der Waals surface area contributed by atoms with Crippen molar-refractivity contribution in [1.29, 1.82) is 0 Å². The molecule has 5 rings (SSSR count). The first-order valence-corrected chi connectivity index (χ1v) is 10.5. The van der Waals surface area contributed by atoms with Gasteiger partial charge in [-0.2, -0.15) is 0 Å². The second kappa shape index (κ2) is 8.26. The van der Waals surface area contributed by atoms with E-state index in [1.54, 1.807) is 17.1 Å². The number of aromatic nitrogens is 4. The van der Waals surface area contributed by atoms with Crippen LogP contribution in [-0.4, -0.2) is 21.4 Å². The standard InChI is InChI=1S/C23H22N6O3/c1-14-22(15(2)31-27-14)18-8-9-20(24-11-18)12-29-13-21(32-28-29)26-23(30)25-19-5-3-4-17(10-19)16-6-7-16/h3-5,8-11,13,16H,6-7,12H2,1-2H3,(H-,25,26,28,30)/p+1. The van der Waals surface area contributed by atoms with Crippen molar-refractivity contribution in [1.82, 2.24) is 15.4 Å². The smallest absolute Gasteiger partial charge is 0.326 e. The van der Waals surface area contributed by atoms with Gasteiger partial charge in [0.05, 0.1) is 5.69 Å². The average molecular weight is 431 g/mol. The van der Waals surface area contributed by atoms with E-state index in [0.717, 1.165) is 34.0 Å². The van der Waals surface area contributed by atoms with Gasteiger partial charge in [-0.1, -0.05) is 23.4 Å². The Morgan fingerprint density at radius 1 is 1.16 bits per heavy atom. The lowest BCUT2D eigenvalue weighted by atomic mass is 10.1. The Balaban J connectivity index is 1.19. The molecular formula is C23H23N6O3+. The van der Waals surface area contributed by atoms with E-state index in [9.17, 15) is 4.79 Å². The van der Waals surface area contributed by atoms with Gasteiger partial charge < -0.3 is 9.84 Å². The molecule has 2 N–H and O–H groups in total. The lowest BCUT2D eigenvalue weighted by molar-refractivity contribution is -0.755. The van der Waals surface area contributed by atoms with Crippen LogP contribution in [0.5, 0.6) is 0 Å². The van der Waals surface area contributed by atoms with E-state index in [1.807, 2.05) is 44.2 Å². The first-order chi connectivity index (χ1) is 15.5. The molecule has 0 radical (unpaired) electrons. The number of benzene rings is 1. The number of pyridine rings is 1. The van der Waals surface area contributed by atoms with E-state index in [4.69, 9.17) is 9.05 Å². The molecule has 2 amide bonds. The Morgan fingerprint density at radius 2 is 2.03 bits per heavy atom. The molecule has 0 aliphatic heterocycles. The van der Waals surface area contributed by atoms with E-state index in [1.165, 1.54) is 18.4 Å². The number of aryl methyl sites for hydroxylation is 2. The van der Waals surface area contributed by atoms with Crippen LogP contribution in [0.25, 0.3) is 11.1 Å². The van der Waals surface area contributed by atoms with Gasteiger partial charge >= 0.3 is 11.9 Å². The first-order valence-electron chi connectivity index (χ1n) is 10.5. The second-order valence-electron chi connectivity index (χ2n) is 7.98. The number of carbonyl (C=O) groups excluding carboxylic acids is 1. The van der Waals surface area contributed by atoms with Crippen LogP contribution in [-0.2, 0) is 6.54 Å². The summed E-state index contributed by atoms with van der Waals surface area (Å²) in [4.78, 5) is 16.8. The van der Waals surface area contributed by atoms with Crippen molar-refractivity contribution in [3.8, 4) is 11.1 Å². The number of hydrogen-bond donors (Lipinski definition) is 2. The number of nitrogens with one attached hydrogen (secondary N) is 2. The largest absolute Gasteiger partial charge is 0.361 e. The second-order valence-corrected chi connectivity index (χ2v) is 7.98. The summed E-state index contributed by atoms with van der Waals surface area (Å²) in [5.74, 6) is 1.63. The summed E-state index contributed by atoms with van der Waals surface area (Å²) in [5.41, 5.74) is 5.54. The van der Waals surface area contributed by atoms with E-state index >= 15 is 0 Å². The maximum Gasteiger partial charge on any atom is 0.326 e. The zero-order valence-corrected chi connectivity index (χ0v) is 17.8. The van der Waals surface area contributed by atoms with Crippen LogP contribution < -0.4 is 15.3 Å². The summed E-state index contributed by atoms with van der Waals surface area (Å²) in [6.45, 7) is 4.18. The van der Waals surface area contributed by atoms with Gasteiger partial charge in [0.2, 0.25) is 11.8 Å². The van der Waals surface area contributed by atoms with Crippen molar-refractivity contribution in [3.63, 3.8) is 0 Å². The number of amides is 2. The summed E-state index contributed by atoms with van der Waals surface area (Å²) in [7, 11) is 0. The molecule has 3 heterocycles. The van der Waals surface area contributed by atoms with Gasteiger partial charge in [0.15, 0.2) is 0 Å². The summed E-state index contributed by atoms with van der Waals surface area (Å²) < 4.78 is 12.0. The molecule has 0 unspecified atom stereocenters. The third-order valence-corrected chi connectivity index (χ3v) is 5.41. The Labute approximate surface area is 184 Å². The quantitative estimate of drug-likeness (QED) is 0.443. The monoisotopic (exact) mass is 431 g/mol. The van der Waals surface area contributed by atoms with Gasteiger partial charge in [-0.3, -0.25) is 14.8 Å². The first kappa shape index (κ1) is 19.9. The average Bonchev–Trinajstić information content (AvgIpc) is 3.46. The maximum atomic E-state index is 12.3. The van der Waals surface area contributed by atoms with E-state index in [-0.39, 0.29) is 11.9 Å². The predicted molar refractivity (Wildman–Crippen MR) is 116 cm³/mol. The molecule has 3 aromatic heterocycles. The molecule has 1 aromatic carbocycles. The summed E-state index contributed by atoms with van der Waals surface area (Å²) in [5, 5.41) is 13.4. The Hall–Kier alpha value is -4.01. The number of urea groups is 1. The molecule has 9 nitrogen and oxygen atoms in total. The molecule has 1 fully saturated rings. The normalized spacial score (nSPS) is 13.2. The number of rotatable bonds is 6. The Kier molecular flexibility index (Phi) is 5.14. The van der Waals surface area contributed by atoms with Crippen molar-refractivity contribution in [2.24, 2.45) is 0 Å². The van der Waals surface area contributed by atoms with Crippen LogP contribution in [0.15, 0.2) is 57.8 Å². The highest BCUT2D eigenvalue weighted by Crippen LogP contribution is 2.40. The van der Waals surface area contributed by atoms with Gasteiger partial charge in [-0.15, -0.1) is 0 Å². The number of hydrogen-bond acceptors (Lipinski definition) is 6. The molecule has 4 aromatic rings. The van der Waals surface area contributed by atoms with Gasteiger partial charge in [0.1, 0.15) is 11.5 Å². The maximum absolute atomic E-state index is 12.3. The molecule has 0 atom stereocenters. The minimum absolute atomic E-state index is 0.244. The number of carbonyl (C=O) groups is 1. The molecule has 162 valence electrons. The van der Waals surface area contributed by atoms with Crippen molar-refractivity contribution in [2.45, 2.75) is 39.2 Å². The lowest BCUT2D eigenvalue weighted by Gasteiger charge is -2.06. The lowest BCUT2D eigenvalue weighted by Crippen LogP contribution is -2.35. The van der Waals surface area contributed by atoms with Crippen molar-refractivity contribution in [3.05, 3.63) is 71.5 Å². The minimum atomic E-state index is -0.386. The Morgan fingerprint density at radius 3 is 2.75 bits per heavy atom. The molecular weight excluding hydrogens is 408 g/mol. The molecule has 0 spiro atoms. The fourth-order valence-corrected chi connectivity index (χ4v) is 3.70. The molecule has 0 bridgehead atoms. The highest BCUT2D eigenvalue weighted by atomic mass is 16.5. The summed E-state index contributed by atoms with van der Waals surface area (Å²) >= 11 is 0. The molecule has 9 heteroatoms. The topological polar surface area (TPSA) is 110 Å². The van der Waals surface area contributed by atoms with Crippen LogP contribution >= 0.6 is 0 Å². The third kappa shape index (κ3) is 4.36. The molecule has 0 saturated heterocycles. The Bertz CT molecular complexity index is 1240. The fourth-order valence-electron chi connectivity index (χ4n) is 3.70. The predicted octanol–water partition coefficient (Wildman–Crippen LogP) is 4.20. The van der Waals surface area contributed by atoms with E-state index in [2.05, 4.69) is 32.1 Å². The van der Waals surface area contributed by atoms with Crippen LogP contribution in [0.3, 0.4) is 0 Å². The molecule has 1 saturated carbocycles. The van der Waals surface area contributed by atoms with Gasteiger partial charge in [-0.05, 0) is 61.1 Å². The van der Waals surface area contributed by atoms with E-state index in [0.29, 0.717) is 12.5 Å². The summed E-state index contributed by atoms with van der Waals surface area (Å²) in [6, 6.07) is 11.4. The van der Waals surface area contributed by atoms with Crippen molar-refractivity contribution >= 4 is 17.6 Å². The molecule has 1 aliphatic carbocycles. The highest BCUT2D eigenvalue weighted by molar-refractivity contribution is 5.98. The zero-order chi connectivity index (χ0) is 22.1. The number of nitrogens with zero attached hydrogens (tertiary/aromatic N) is 4. The van der Waals surface area contributed by atoms with Crippen LogP contribution in [0, 0.1) is 13.8 Å². The third-order valence-electron chi connectivity index (χ3n) is 5.41. The summed E-state index contributed by atoms with van der Waals surface area (Å²) in [6.07, 6.45) is 5.82.